The first-order valence-electron chi connectivity index (χ1n) is 13.3. The van der Waals surface area contributed by atoms with Crippen molar-refractivity contribution in [1.29, 1.82) is 0 Å². The number of halogens is 1. The Kier molecular flexibility index (Phi) is 7.53. The summed E-state index contributed by atoms with van der Waals surface area (Å²) in [6, 6.07) is 19.7. The number of nitrogens with zero attached hydrogens (tertiary/aromatic N) is 4. The van der Waals surface area contributed by atoms with Gasteiger partial charge < -0.3 is 10.2 Å². The number of carbonyl (C=O) groups excluding carboxylic acids is 1. The number of piperazine rings is 2. The third-order valence-electron chi connectivity index (χ3n) is 7.58. The lowest BCUT2D eigenvalue weighted by atomic mass is 9.93. The average Bonchev–Trinajstić information content (AvgIpc) is 3.09. The molecule has 6 rings (SSSR count). The molecular weight excluding hydrogens is 498 g/mol. The van der Waals surface area contributed by atoms with E-state index >= 15 is 0 Å². The minimum absolute atomic E-state index is 0.0866. The van der Waals surface area contributed by atoms with E-state index < -0.39 is 0 Å². The van der Waals surface area contributed by atoms with Gasteiger partial charge in [-0.1, -0.05) is 41.9 Å². The number of hydrogen-bond acceptors (Lipinski definition) is 7. The smallest absolute Gasteiger partial charge is 0.357 e. The van der Waals surface area contributed by atoms with Crippen LogP contribution in [0.1, 0.15) is 38.8 Å². The first kappa shape index (κ1) is 25.2. The van der Waals surface area contributed by atoms with Crippen LogP contribution >= 0.6 is 11.6 Å². The second kappa shape index (κ2) is 11.4. The molecule has 0 saturated carbocycles. The normalized spacial score (nSPS) is 20.7. The van der Waals surface area contributed by atoms with Crippen LogP contribution in [0.2, 0.25) is 5.02 Å². The molecule has 7 nitrogen and oxygen atoms in total. The Morgan fingerprint density at radius 1 is 0.974 bits per heavy atom. The summed E-state index contributed by atoms with van der Waals surface area (Å²) in [7, 11) is 0. The van der Waals surface area contributed by atoms with Crippen LogP contribution in [0.15, 0.2) is 66.9 Å². The SMILES string of the molecule is O=C(ON1CCN(CC2=Cc3cccnc3C(N3CCNCC3)c3ccc(Cl)cc32)CC1)c1ccccc1. The maximum atomic E-state index is 12.5. The highest BCUT2D eigenvalue weighted by molar-refractivity contribution is 6.30. The number of rotatable bonds is 5. The van der Waals surface area contributed by atoms with E-state index in [2.05, 4.69) is 39.4 Å². The summed E-state index contributed by atoms with van der Waals surface area (Å²) in [5, 5.41) is 5.99. The van der Waals surface area contributed by atoms with E-state index in [1.54, 1.807) is 17.2 Å². The molecule has 2 aliphatic heterocycles. The number of hydroxylamine groups is 2. The van der Waals surface area contributed by atoms with Crippen LogP contribution < -0.4 is 5.32 Å². The second-order valence-electron chi connectivity index (χ2n) is 10.0. The first-order valence-corrected chi connectivity index (χ1v) is 13.7. The predicted octanol–water partition coefficient (Wildman–Crippen LogP) is 3.97. The lowest BCUT2D eigenvalue weighted by Gasteiger charge is -2.36. The van der Waals surface area contributed by atoms with E-state index in [4.69, 9.17) is 21.4 Å². The average molecular weight is 530 g/mol. The van der Waals surface area contributed by atoms with Gasteiger partial charge in [0.1, 0.15) is 0 Å². The van der Waals surface area contributed by atoms with Gasteiger partial charge in [-0.25, -0.2) is 4.79 Å². The number of carbonyl (C=O) groups is 1. The van der Waals surface area contributed by atoms with Gasteiger partial charge in [-0.2, -0.15) is 0 Å². The zero-order valence-electron chi connectivity index (χ0n) is 21.4. The first-order chi connectivity index (χ1) is 18.7. The van der Waals surface area contributed by atoms with Gasteiger partial charge >= 0.3 is 5.97 Å². The third kappa shape index (κ3) is 5.39. The van der Waals surface area contributed by atoms with Crippen LogP contribution in [-0.4, -0.2) is 84.7 Å². The molecule has 3 heterocycles. The zero-order chi connectivity index (χ0) is 25.9. The second-order valence-corrected chi connectivity index (χ2v) is 10.5. The molecule has 1 N–H and O–H groups in total. The molecule has 2 saturated heterocycles. The maximum absolute atomic E-state index is 12.5. The topological polar surface area (TPSA) is 60.9 Å². The van der Waals surface area contributed by atoms with Crippen LogP contribution in [-0.2, 0) is 4.84 Å². The van der Waals surface area contributed by atoms with E-state index in [0.717, 1.165) is 62.1 Å². The molecule has 0 bridgehead atoms. The number of hydrogen-bond donors (Lipinski definition) is 1. The summed E-state index contributed by atoms with van der Waals surface area (Å²) in [5.74, 6) is -0.308. The van der Waals surface area contributed by atoms with Gasteiger partial charge in [0, 0.05) is 70.1 Å². The van der Waals surface area contributed by atoms with Gasteiger partial charge in [0.2, 0.25) is 0 Å². The molecule has 3 aromatic rings. The molecule has 38 heavy (non-hydrogen) atoms. The minimum atomic E-state index is -0.308. The Hall–Kier alpha value is -3.07. The molecule has 2 aromatic carbocycles. The van der Waals surface area contributed by atoms with Crippen molar-refractivity contribution in [3.05, 3.63) is 99.8 Å². The molecule has 0 amide bonds. The van der Waals surface area contributed by atoms with Crippen molar-refractivity contribution >= 4 is 29.2 Å². The Bertz CT molecular complexity index is 1320. The van der Waals surface area contributed by atoms with Gasteiger partial charge in [-0.15, -0.1) is 5.06 Å². The fraction of sp³-hybridized carbons (Fsp3) is 0.333. The van der Waals surface area contributed by atoms with Crippen LogP contribution in [0.5, 0.6) is 0 Å². The molecule has 1 aliphatic carbocycles. The molecule has 1 atom stereocenters. The summed E-state index contributed by atoms with van der Waals surface area (Å²) in [5.41, 5.74) is 6.52. The Labute approximate surface area is 228 Å². The van der Waals surface area contributed by atoms with Crippen molar-refractivity contribution in [2.75, 3.05) is 58.9 Å². The van der Waals surface area contributed by atoms with Crippen molar-refractivity contribution in [1.82, 2.24) is 25.2 Å². The van der Waals surface area contributed by atoms with E-state index in [0.29, 0.717) is 18.7 Å². The highest BCUT2D eigenvalue weighted by atomic mass is 35.5. The number of pyridine rings is 1. The van der Waals surface area contributed by atoms with E-state index in [-0.39, 0.29) is 12.0 Å². The lowest BCUT2D eigenvalue weighted by molar-refractivity contribution is -0.128. The van der Waals surface area contributed by atoms with Gasteiger partial charge in [0.05, 0.1) is 17.3 Å². The van der Waals surface area contributed by atoms with E-state index in [1.165, 1.54) is 16.7 Å². The third-order valence-corrected chi connectivity index (χ3v) is 7.81. The van der Waals surface area contributed by atoms with Gasteiger partial charge in [0.25, 0.3) is 0 Å². The summed E-state index contributed by atoms with van der Waals surface area (Å²) in [6.07, 6.45) is 4.19. The summed E-state index contributed by atoms with van der Waals surface area (Å²) in [6.45, 7) is 7.61. The monoisotopic (exact) mass is 529 g/mol. The Morgan fingerprint density at radius 2 is 1.76 bits per heavy atom. The van der Waals surface area contributed by atoms with Crippen LogP contribution in [0, 0.1) is 0 Å². The van der Waals surface area contributed by atoms with Crippen molar-refractivity contribution in [3.8, 4) is 0 Å². The molecule has 0 radical (unpaired) electrons. The maximum Gasteiger partial charge on any atom is 0.357 e. The van der Waals surface area contributed by atoms with Crippen molar-refractivity contribution in [2.45, 2.75) is 6.04 Å². The fourth-order valence-electron chi connectivity index (χ4n) is 5.64. The highest BCUT2D eigenvalue weighted by Gasteiger charge is 2.32. The van der Waals surface area contributed by atoms with Crippen LogP contribution in [0.25, 0.3) is 11.6 Å². The van der Waals surface area contributed by atoms with Gasteiger partial charge in [-0.3, -0.25) is 14.8 Å². The Balaban J connectivity index is 1.23. The van der Waals surface area contributed by atoms with E-state index in [1.807, 2.05) is 36.5 Å². The predicted molar refractivity (Wildman–Crippen MR) is 150 cm³/mol. The van der Waals surface area contributed by atoms with Gasteiger partial charge in [0.15, 0.2) is 0 Å². The molecular formula is C30H32ClN5O2. The lowest BCUT2D eigenvalue weighted by Crippen LogP contribution is -2.47. The molecule has 1 unspecified atom stereocenters. The Morgan fingerprint density at radius 3 is 2.55 bits per heavy atom. The highest BCUT2D eigenvalue weighted by Crippen LogP contribution is 2.40. The van der Waals surface area contributed by atoms with Crippen molar-refractivity contribution in [3.63, 3.8) is 0 Å². The fourth-order valence-corrected chi connectivity index (χ4v) is 5.82. The number of fused-ring (bicyclic) bond motifs is 2. The summed E-state index contributed by atoms with van der Waals surface area (Å²) in [4.78, 5) is 28.0. The number of benzene rings is 2. The molecule has 8 heteroatoms. The van der Waals surface area contributed by atoms with Gasteiger partial charge in [-0.05, 0) is 58.7 Å². The summed E-state index contributed by atoms with van der Waals surface area (Å²) >= 11 is 6.57. The van der Waals surface area contributed by atoms with Crippen molar-refractivity contribution in [2.24, 2.45) is 0 Å². The molecule has 0 spiro atoms. The largest absolute Gasteiger partial charge is 0.364 e. The van der Waals surface area contributed by atoms with Crippen LogP contribution in [0.4, 0.5) is 0 Å². The summed E-state index contributed by atoms with van der Waals surface area (Å²) < 4.78 is 0. The number of nitrogens with one attached hydrogen (secondary N) is 1. The number of aromatic nitrogens is 1. The van der Waals surface area contributed by atoms with Crippen LogP contribution in [0.3, 0.4) is 0 Å². The zero-order valence-corrected chi connectivity index (χ0v) is 22.1. The molecule has 3 aliphatic rings. The minimum Gasteiger partial charge on any atom is -0.364 e. The van der Waals surface area contributed by atoms with E-state index in [9.17, 15) is 4.79 Å². The van der Waals surface area contributed by atoms with Crippen molar-refractivity contribution < 1.29 is 9.63 Å². The standard InChI is InChI=1S/C30H32ClN5O2/c31-25-8-9-26-27(20-25)24(19-23-7-4-10-33-28(23)29(26)35-13-11-32-12-14-35)21-34-15-17-36(18-16-34)38-30(37)22-5-2-1-3-6-22/h1-10,19-20,29,32H,11-18,21H2. The molecule has 1 aromatic heterocycles. The quantitative estimate of drug-likeness (QED) is 0.536. The molecule has 2 fully saturated rings. The molecule has 196 valence electrons.